The molecule has 1 fully saturated rings. The van der Waals surface area contributed by atoms with E-state index in [2.05, 4.69) is 4.90 Å². The van der Waals surface area contributed by atoms with Gasteiger partial charge >= 0.3 is 0 Å². The lowest BCUT2D eigenvalue weighted by Gasteiger charge is -2.37. The second-order valence-corrected chi connectivity index (χ2v) is 9.45. The van der Waals surface area contributed by atoms with Crippen LogP contribution in [0.25, 0.3) is 11.1 Å². The van der Waals surface area contributed by atoms with E-state index in [9.17, 15) is 13.9 Å². The van der Waals surface area contributed by atoms with Gasteiger partial charge < -0.3 is 14.6 Å². The zero-order valence-corrected chi connectivity index (χ0v) is 20.1. The molecule has 0 aliphatic carbocycles. The lowest BCUT2D eigenvalue weighted by molar-refractivity contribution is 0.0668. The Balaban J connectivity index is 1.40. The van der Waals surface area contributed by atoms with Gasteiger partial charge in [-0.05, 0) is 66.1 Å². The molecule has 5 rings (SSSR count). The fraction of sp³-hybridized carbons (Fsp3) is 0.286. The first-order valence-electron chi connectivity index (χ1n) is 11.6. The van der Waals surface area contributed by atoms with E-state index in [4.69, 9.17) is 21.1 Å². The predicted molar refractivity (Wildman–Crippen MR) is 133 cm³/mol. The average Bonchev–Trinajstić information content (AvgIpc) is 2.83. The summed E-state index contributed by atoms with van der Waals surface area (Å²) in [6.07, 6.45) is -0.486. The summed E-state index contributed by atoms with van der Waals surface area (Å²) >= 11 is 5.93. The maximum atomic E-state index is 14.4. The van der Waals surface area contributed by atoms with Crippen LogP contribution in [0.15, 0.2) is 60.7 Å². The van der Waals surface area contributed by atoms with E-state index in [0.29, 0.717) is 17.9 Å². The number of hydrogen-bond acceptors (Lipinski definition) is 4. The van der Waals surface area contributed by atoms with Crippen LogP contribution in [0, 0.1) is 11.7 Å². The number of benzene rings is 3. The number of hydrogen-bond donors (Lipinski definition) is 1. The molecule has 35 heavy (non-hydrogen) atoms. The van der Waals surface area contributed by atoms with Gasteiger partial charge in [-0.25, -0.2) is 4.39 Å². The van der Waals surface area contributed by atoms with E-state index >= 15 is 0 Å². The third-order valence-corrected chi connectivity index (χ3v) is 6.93. The molecular formula is C28H26ClF2NO3. The molecule has 1 saturated heterocycles. The minimum atomic E-state index is -0.506. The summed E-state index contributed by atoms with van der Waals surface area (Å²) in [5.41, 5.74) is 3.98. The fourth-order valence-electron chi connectivity index (χ4n) is 4.70. The zero-order chi connectivity index (χ0) is 24.5. The molecule has 0 spiro atoms. The largest absolute Gasteiger partial charge is 0.508 e. The second kappa shape index (κ2) is 9.88. The van der Waals surface area contributed by atoms with Crippen molar-refractivity contribution < 1.29 is 23.4 Å². The van der Waals surface area contributed by atoms with Crippen molar-refractivity contribution in [1.29, 1.82) is 0 Å². The van der Waals surface area contributed by atoms with Gasteiger partial charge in [0.25, 0.3) is 0 Å². The van der Waals surface area contributed by atoms with Crippen LogP contribution in [0.4, 0.5) is 8.78 Å². The lowest BCUT2D eigenvalue weighted by atomic mass is 9.86. The van der Waals surface area contributed by atoms with E-state index in [0.717, 1.165) is 47.7 Å². The molecule has 182 valence electrons. The molecule has 2 heterocycles. The van der Waals surface area contributed by atoms with Gasteiger partial charge in [-0.1, -0.05) is 29.8 Å². The van der Waals surface area contributed by atoms with Gasteiger partial charge in [0, 0.05) is 36.7 Å². The highest BCUT2D eigenvalue weighted by molar-refractivity contribution is 6.30. The van der Waals surface area contributed by atoms with Crippen molar-refractivity contribution in [1.82, 2.24) is 4.90 Å². The number of phenolic OH excluding ortho intramolecular Hbond substituents is 1. The van der Waals surface area contributed by atoms with E-state index in [1.54, 1.807) is 24.3 Å². The van der Waals surface area contributed by atoms with Gasteiger partial charge in [-0.3, -0.25) is 9.29 Å². The standard InChI is InChI=1S/C28H26ClF2NO3/c1-17-23-13-21(33)5-9-26(23)35-28(27(17)20-4-8-24(29)25(31)12-20)19-2-6-22(7-3-19)34-11-10-32-15-18(14-30)16-32/h2-9,12-13,18,28,33H,10-11,14-16H2,1H3/t28-/m1/s1. The van der Waals surface area contributed by atoms with Crippen molar-refractivity contribution in [3.63, 3.8) is 0 Å². The number of likely N-dealkylation sites (tertiary alicyclic amines) is 1. The third-order valence-electron chi connectivity index (χ3n) is 6.62. The van der Waals surface area contributed by atoms with Gasteiger partial charge in [0.1, 0.15) is 35.8 Å². The molecule has 2 aliphatic rings. The summed E-state index contributed by atoms with van der Waals surface area (Å²) in [5, 5.41) is 10.1. The number of phenols is 1. The third kappa shape index (κ3) is 4.86. The topological polar surface area (TPSA) is 41.9 Å². The highest BCUT2D eigenvalue weighted by atomic mass is 35.5. The van der Waals surface area contributed by atoms with Crippen molar-refractivity contribution >= 4 is 22.7 Å². The average molecular weight is 498 g/mol. The number of rotatable bonds is 7. The first-order chi connectivity index (χ1) is 16.9. The van der Waals surface area contributed by atoms with Crippen LogP contribution < -0.4 is 9.47 Å². The Hall–Kier alpha value is -3.09. The summed E-state index contributed by atoms with van der Waals surface area (Å²) in [7, 11) is 0. The number of nitrogens with zero attached hydrogens (tertiary/aromatic N) is 1. The van der Waals surface area contributed by atoms with Crippen LogP contribution in [0.1, 0.15) is 29.7 Å². The molecule has 0 bridgehead atoms. The van der Waals surface area contributed by atoms with Crippen molar-refractivity contribution in [2.24, 2.45) is 5.92 Å². The Bertz CT molecular complexity index is 1260. The quantitative estimate of drug-likeness (QED) is 0.403. The maximum Gasteiger partial charge on any atom is 0.150 e. The van der Waals surface area contributed by atoms with Gasteiger partial charge in [-0.2, -0.15) is 0 Å². The number of fused-ring (bicyclic) bond motifs is 1. The van der Waals surface area contributed by atoms with Gasteiger partial charge in [0.05, 0.1) is 11.7 Å². The number of alkyl halides is 1. The molecule has 0 radical (unpaired) electrons. The number of allylic oxidation sites excluding steroid dienone is 1. The van der Waals surface area contributed by atoms with Crippen LogP contribution in [0.5, 0.6) is 17.2 Å². The molecule has 2 aliphatic heterocycles. The van der Waals surface area contributed by atoms with Crippen molar-refractivity contribution in [3.05, 3.63) is 88.2 Å². The van der Waals surface area contributed by atoms with Gasteiger partial charge in [-0.15, -0.1) is 0 Å². The van der Waals surface area contributed by atoms with E-state index in [-0.39, 0.29) is 23.4 Å². The summed E-state index contributed by atoms with van der Waals surface area (Å²) in [6.45, 7) is 4.56. The molecule has 3 aromatic rings. The van der Waals surface area contributed by atoms with Crippen LogP contribution in [0.2, 0.25) is 5.02 Å². The lowest BCUT2D eigenvalue weighted by Crippen LogP contribution is -2.49. The molecule has 1 N–H and O–H groups in total. The smallest absolute Gasteiger partial charge is 0.150 e. The number of ether oxygens (including phenoxy) is 2. The minimum absolute atomic E-state index is 0.0540. The van der Waals surface area contributed by atoms with E-state index in [1.165, 1.54) is 12.1 Å². The van der Waals surface area contributed by atoms with Gasteiger partial charge in [0.15, 0.2) is 0 Å². The first-order valence-corrected chi connectivity index (χ1v) is 12.0. The van der Waals surface area contributed by atoms with Crippen molar-refractivity contribution in [2.45, 2.75) is 13.0 Å². The Morgan fingerprint density at radius 2 is 1.86 bits per heavy atom. The highest BCUT2D eigenvalue weighted by Crippen LogP contribution is 2.47. The summed E-state index contributed by atoms with van der Waals surface area (Å²) in [6, 6.07) is 17.3. The Morgan fingerprint density at radius 3 is 2.57 bits per heavy atom. The van der Waals surface area contributed by atoms with E-state index < -0.39 is 11.9 Å². The Kier molecular flexibility index (Phi) is 6.67. The Morgan fingerprint density at radius 1 is 1.09 bits per heavy atom. The fourth-order valence-corrected chi connectivity index (χ4v) is 4.81. The number of aromatic hydroxyl groups is 1. The van der Waals surface area contributed by atoms with Crippen molar-refractivity contribution in [3.8, 4) is 17.2 Å². The molecular weight excluding hydrogens is 472 g/mol. The summed E-state index contributed by atoms with van der Waals surface area (Å²) < 4.78 is 39.2. The molecule has 0 amide bonds. The van der Waals surface area contributed by atoms with Crippen LogP contribution in [-0.4, -0.2) is 42.9 Å². The van der Waals surface area contributed by atoms with Crippen LogP contribution in [0.3, 0.4) is 0 Å². The van der Waals surface area contributed by atoms with Crippen molar-refractivity contribution in [2.75, 3.05) is 32.9 Å². The SMILES string of the molecule is CC1=C(c2ccc(Cl)c(F)c2)[C@@H](c2ccc(OCCN3CC(CF)C3)cc2)Oc2ccc(O)cc21. The summed E-state index contributed by atoms with van der Waals surface area (Å²) in [4.78, 5) is 2.18. The maximum absolute atomic E-state index is 14.4. The van der Waals surface area contributed by atoms with Crippen LogP contribution in [-0.2, 0) is 0 Å². The Labute approximate surface area is 208 Å². The van der Waals surface area contributed by atoms with Gasteiger partial charge in [0.2, 0.25) is 0 Å². The second-order valence-electron chi connectivity index (χ2n) is 9.04. The highest BCUT2D eigenvalue weighted by Gasteiger charge is 2.30. The molecule has 1 atom stereocenters. The molecule has 0 unspecified atom stereocenters. The normalized spacial score (nSPS) is 18.1. The van der Waals surface area contributed by atoms with E-state index in [1.807, 2.05) is 31.2 Å². The minimum Gasteiger partial charge on any atom is -0.508 e. The molecule has 3 aromatic carbocycles. The molecule has 4 nitrogen and oxygen atoms in total. The number of halogens is 3. The summed E-state index contributed by atoms with van der Waals surface area (Å²) in [5.74, 6) is 1.17. The zero-order valence-electron chi connectivity index (χ0n) is 19.3. The monoisotopic (exact) mass is 497 g/mol. The molecule has 0 saturated carbocycles. The first kappa shape index (κ1) is 23.6. The molecule has 7 heteroatoms. The van der Waals surface area contributed by atoms with Crippen LogP contribution >= 0.6 is 11.6 Å². The molecule has 0 aromatic heterocycles. The predicted octanol–water partition coefficient (Wildman–Crippen LogP) is 6.53.